The van der Waals surface area contributed by atoms with Crippen molar-refractivity contribution in [1.29, 1.82) is 0 Å². The average molecular weight is 627 g/mol. The van der Waals surface area contributed by atoms with Crippen LogP contribution in [0.5, 0.6) is 6.01 Å². The summed E-state index contributed by atoms with van der Waals surface area (Å²) in [5.41, 5.74) is 0.0298. The van der Waals surface area contributed by atoms with Crippen LogP contribution in [-0.2, 0) is 0 Å². The molecule has 4 saturated heterocycles. The fraction of sp³-hybridized carbons (Fsp3) is 0.457. The Morgan fingerprint density at radius 1 is 1.11 bits per heavy atom. The number of anilines is 1. The van der Waals surface area contributed by atoms with Gasteiger partial charge in [-0.1, -0.05) is 30.2 Å². The Morgan fingerprint density at radius 2 is 2.00 bits per heavy atom. The smallest absolute Gasteiger partial charge is 0.319 e. The van der Waals surface area contributed by atoms with Crippen LogP contribution in [0.15, 0.2) is 30.3 Å². The highest BCUT2D eigenvalue weighted by atomic mass is 19.1. The molecule has 2 N–H and O–H groups in total. The summed E-state index contributed by atoms with van der Waals surface area (Å²) in [6, 6.07) is 8.34. The molecule has 236 valence electrons. The summed E-state index contributed by atoms with van der Waals surface area (Å²) >= 11 is 0. The van der Waals surface area contributed by atoms with Gasteiger partial charge in [0.15, 0.2) is 5.82 Å². The molecule has 0 saturated carbocycles. The molecule has 2 aromatic heterocycles. The molecule has 5 aliphatic rings. The van der Waals surface area contributed by atoms with Gasteiger partial charge in [-0.15, -0.1) is 6.42 Å². The molecule has 0 amide bonds. The number of hydrogen-bond donors (Lipinski definition) is 2. The van der Waals surface area contributed by atoms with Gasteiger partial charge in [-0.3, -0.25) is 4.90 Å². The number of alkyl halides is 1. The molecule has 8 nitrogen and oxygen atoms in total. The molecule has 5 aliphatic heterocycles. The second kappa shape index (κ2) is 10.3. The standard InChI is InChI=1S/C35H33F3N6O2/c1-2-21-23(37)9-7-18-5-3-6-22(27(18)21)30-29(38)32-28-31(40-30)26(45)13-25-24-10-8-20(39-24)16-44(25)33(28)42-34(41-32)46-17-35-11-4-12-43(35)15-19(36)14-35/h1,3,5-7,9,19-20,24-26,39,45H,4,8,10-17H2/t19-,20-,24+,25-,26-,35+/m1/s1. The van der Waals surface area contributed by atoms with Crippen molar-refractivity contribution in [2.45, 2.75) is 74.5 Å². The summed E-state index contributed by atoms with van der Waals surface area (Å²) in [6.07, 6.45) is 8.26. The number of aliphatic hydroxyl groups excluding tert-OH is 1. The maximum absolute atomic E-state index is 17.1. The SMILES string of the molecule is C#Cc1c(F)ccc2cccc(-c3nc4c5c(nc(OC[C@@]67CCCN6C[C@H](F)C7)nc5c3F)N3C[C@H]5CC[C@H](N5)[C@H]3C[C@H]4O)c12. The first kappa shape index (κ1) is 28.3. The van der Waals surface area contributed by atoms with Gasteiger partial charge >= 0.3 is 6.01 Å². The van der Waals surface area contributed by atoms with E-state index in [1.807, 2.05) is 0 Å². The molecule has 6 atom stereocenters. The van der Waals surface area contributed by atoms with Crippen molar-refractivity contribution >= 4 is 27.5 Å². The zero-order valence-corrected chi connectivity index (χ0v) is 25.1. The lowest BCUT2D eigenvalue weighted by Gasteiger charge is -2.41. The van der Waals surface area contributed by atoms with Crippen molar-refractivity contribution in [1.82, 2.24) is 25.2 Å². The second-order valence-electron chi connectivity index (χ2n) is 13.6. The second-order valence-corrected chi connectivity index (χ2v) is 13.6. The average Bonchev–Trinajstić information content (AvgIpc) is 3.70. The Labute approximate surface area is 264 Å². The van der Waals surface area contributed by atoms with Crippen molar-refractivity contribution < 1.29 is 23.0 Å². The number of terminal acetylenes is 1. The van der Waals surface area contributed by atoms with Gasteiger partial charge in [0.25, 0.3) is 0 Å². The van der Waals surface area contributed by atoms with E-state index in [0.29, 0.717) is 53.5 Å². The maximum Gasteiger partial charge on any atom is 0.319 e. The number of nitrogens with zero attached hydrogens (tertiary/aromatic N) is 5. The zero-order valence-electron chi connectivity index (χ0n) is 25.1. The minimum absolute atomic E-state index is 0.00216. The lowest BCUT2D eigenvalue weighted by molar-refractivity contribution is 0.107. The Hall–Kier alpha value is -3.98. The Kier molecular flexibility index (Phi) is 6.30. The number of piperazine rings is 1. The van der Waals surface area contributed by atoms with Crippen LogP contribution in [0.1, 0.15) is 55.9 Å². The van der Waals surface area contributed by atoms with Gasteiger partial charge in [0.05, 0.1) is 28.3 Å². The topological polar surface area (TPSA) is 86.6 Å². The molecule has 0 radical (unpaired) electrons. The molecule has 2 aromatic carbocycles. The van der Waals surface area contributed by atoms with E-state index in [-0.39, 0.29) is 53.2 Å². The van der Waals surface area contributed by atoms with E-state index in [4.69, 9.17) is 21.1 Å². The molecule has 0 unspecified atom stereocenters. The highest BCUT2D eigenvalue weighted by Gasteiger charge is 2.50. The third-order valence-electron chi connectivity index (χ3n) is 11.0. The lowest BCUT2D eigenvalue weighted by Crippen LogP contribution is -2.58. The van der Waals surface area contributed by atoms with E-state index < -0.39 is 29.4 Å². The van der Waals surface area contributed by atoms with Gasteiger partial charge in [0.1, 0.15) is 35.6 Å². The first-order chi connectivity index (χ1) is 22.3. The van der Waals surface area contributed by atoms with Crippen molar-refractivity contribution in [2.75, 3.05) is 31.1 Å². The quantitative estimate of drug-likeness (QED) is 0.313. The number of benzene rings is 2. The molecule has 46 heavy (non-hydrogen) atoms. The third kappa shape index (κ3) is 4.09. The van der Waals surface area contributed by atoms with Gasteiger partial charge in [-0.05, 0) is 43.7 Å². The predicted molar refractivity (Wildman–Crippen MR) is 167 cm³/mol. The van der Waals surface area contributed by atoms with Crippen molar-refractivity contribution in [3.05, 3.63) is 53.2 Å². The predicted octanol–water partition coefficient (Wildman–Crippen LogP) is 4.81. The normalized spacial score (nSPS) is 30.0. The Balaban J connectivity index is 1.26. The third-order valence-corrected chi connectivity index (χ3v) is 11.0. The van der Waals surface area contributed by atoms with E-state index in [0.717, 1.165) is 32.2 Å². The van der Waals surface area contributed by atoms with E-state index >= 15 is 4.39 Å². The van der Waals surface area contributed by atoms with Crippen LogP contribution < -0.4 is 15.0 Å². The first-order valence-electron chi connectivity index (χ1n) is 16.2. The van der Waals surface area contributed by atoms with Crippen LogP contribution in [0.3, 0.4) is 0 Å². The fourth-order valence-electron chi connectivity index (χ4n) is 8.96. The summed E-state index contributed by atoms with van der Waals surface area (Å²) in [6.45, 7) is 2.03. The monoisotopic (exact) mass is 626 g/mol. The number of pyridine rings is 1. The van der Waals surface area contributed by atoms with Gasteiger partial charge in [-0.2, -0.15) is 9.97 Å². The van der Waals surface area contributed by atoms with Crippen molar-refractivity contribution in [3.63, 3.8) is 0 Å². The van der Waals surface area contributed by atoms with E-state index in [2.05, 4.69) is 26.0 Å². The molecular weight excluding hydrogens is 593 g/mol. The summed E-state index contributed by atoms with van der Waals surface area (Å²) < 4.78 is 52.8. The number of aliphatic hydroxyl groups is 1. The molecule has 9 rings (SSSR count). The van der Waals surface area contributed by atoms with Crippen LogP contribution in [0.25, 0.3) is 32.9 Å². The van der Waals surface area contributed by atoms with Gasteiger partial charge in [-0.25, -0.2) is 18.2 Å². The number of nitrogens with one attached hydrogen (secondary N) is 1. The number of aromatic nitrogens is 3. The molecule has 0 aliphatic carbocycles. The molecule has 4 fully saturated rings. The number of hydrogen-bond acceptors (Lipinski definition) is 8. The summed E-state index contributed by atoms with van der Waals surface area (Å²) in [4.78, 5) is 18.6. The number of ether oxygens (including phenoxy) is 1. The van der Waals surface area contributed by atoms with Crippen LogP contribution in [0, 0.1) is 24.0 Å². The maximum atomic E-state index is 17.1. The summed E-state index contributed by atoms with van der Waals surface area (Å²) in [5, 5.41) is 16.7. The number of halogens is 3. The van der Waals surface area contributed by atoms with Gasteiger partial charge in [0.2, 0.25) is 0 Å². The Morgan fingerprint density at radius 3 is 2.87 bits per heavy atom. The van der Waals surface area contributed by atoms with Gasteiger partial charge in [0, 0.05) is 55.0 Å². The van der Waals surface area contributed by atoms with Crippen LogP contribution in [0.2, 0.25) is 0 Å². The number of fused-ring (bicyclic) bond motifs is 7. The van der Waals surface area contributed by atoms with E-state index in [1.165, 1.54) is 6.07 Å². The molecule has 4 aromatic rings. The van der Waals surface area contributed by atoms with Crippen LogP contribution in [-0.4, -0.2) is 81.0 Å². The van der Waals surface area contributed by atoms with Gasteiger partial charge < -0.3 is 20.1 Å². The number of rotatable bonds is 4. The molecule has 11 heteroatoms. The Bertz CT molecular complexity index is 1970. The van der Waals surface area contributed by atoms with Crippen molar-refractivity contribution in [3.8, 4) is 29.6 Å². The van der Waals surface area contributed by atoms with E-state index in [1.54, 1.807) is 24.3 Å². The highest BCUT2D eigenvalue weighted by Crippen LogP contribution is 2.46. The molecular formula is C35H33F3N6O2. The summed E-state index contributed by atoms with van der Waals surface area (Å²) in [7, 11) is 0. The highest BCUT2D eigenvalue weighted by molar-refractivity contribution is 6.03. The molecule has 0 spiro atoms. The first-order valence-corrected chi connectivity index (χ1v) is 16.2. The fourth-order valence-corrected chi connectivity index (χ4v) is 8.96. The van der Waals surface area contributed by atoms with Crippen LogP contribution in [0.4, 0.5) is 19.0 Å². The summed E-state index contributed by atoms with van der Waals surface area (Å²) in [5.74, 6) is 1.59. The zero-order chi connectivity index (χ0) is 31.3. The largest absolute Gasteiger partial charge is 0.461 e. The minimum Gasteiger partial charge on any atom is -0.461 e. The van der Waals surface area contributed by atoms with E-state index in [9.17, 15) is 13.9 Å². The molecule has 2 bridgehead atoms. The minimum atomic E-state index is -1.03. The lowest BCUT2D eigenvalue weighted by atomic mass is 9.95. The van der Waals surface area contributed by atoms with Crippen LogP contribution >= 0.6 is 0 Å². The van der Waals surface area contributed by atoms with Crippen molar-refractivity contribution in [2.24, 2.45) is 0 Å². The molecule has 7 heterocycles.